The fourth-order valence-electron chi connectivity index (χ4n) is 2.73. The molecule has 31 heavy (non-hydrogen) atoms. The maximum Gasteiger partial charge on any atom is 0.466 e. The number of carboxylic acids is 1. The first-order valence-corrected chi connectivity index (χ1v) is 10.1. The zero-order valence-corrected chi connectivity index (χ0v) is 17.7. The van der Waals surface area contributed by atoms with E-state index in [0.29, 0.717) is 34.1 Å². The van der Waals surface area contributed by atoms with Crippen molar-refractivity contribution in [1.29, 1.82) is 0 Å². The highest BCUT2D eigenvalue weighted by molar-refractivity contribution is 7.45. The molecule has 3 aromatic rings. The second kappa shape index (κ2) is 10.1. The number of benzene rings is 2. The van der Waals surface area contributed by atoms with Gasteiger partial charge >= 0.3 is 13.8 Å². The van der Waals surface area contributed by atoms with Crippen molar-refractivity contribution in [3.8, 4) is 17.2 Å². The van der Waals surface area contributed by atoms with Gasteiger partial charge in [-0.15, -0.1) is 0 Å². The van der Waals surface area contributed by atoms with Crippen LogP contribution in [0.25, 0.3) is 23.2 Å². The van der Waals surface area contributed by atoms with E-state index in [1.54, 1.807) is 51.7 Å². The maximum absolute atomic E-state index is 11.3. The summed E-state index contributed by atoms with van der Waals surface area (Å²) in [6.45, 7) is 0. The number of nitrogens with one attached hydrogen (secondary N) is 1. The molecule has 0 spiro atoms. The number of aromatic amines is 1. The highest BCUT2D eigenvalue weighted by atomic mass is 31.2. The molecule has 0 aliphatic heterocycles. The Morgan fingerprint density at radius 1 is 1.00 bits per heavy atom. The molecule has 0 saturated heterocycles. The van der Waals surface area contributed by atoms with Gasteiger partial charge in [0.05, 0.1) is 32.4 Å². The lowest BCUT2D eigenvalue weighted by atomic mass is 10.1. The Kier molecular flexibility index (Phi) is 7.78. The van der Waals surface area contributed by atoms with E-state index in [-0.39, 0.29) is 5.56 Å². The van der Waals surface area contributed by atoms with Gasteiger partial charge in [0.15, 0.2) is 11.5 Å². The number of methoxy groups -OCH3 is 3. The first kappa shape index (κ1) is 23.9. The minimum absolute atomic E-state index is 0.155. The minimum Gasteiger partial charge on any atom is -0.493 e. The number of hydrogen-bond donors (Lipinski definition) is 5. The van der Waals surface area contributed by atoms with Crippen LogP contribution in [0.4, 0.5) is 0 Å². The highest BCUT2D eigenvalue weighted by Crippen LogP contribution is 2.40. The second-order valence-corrected chi connectivity index (χ2v) is 6.93. The fraction of sp³-hybridized carbons (Fsp3) is 0.158. The molecule has 3 rings (SSSR count). The standard InChI is InChI=1S/C19H18N2O5.H3O4P/c1-24-14-9-7-11(17(25-2)18(14)26-3)8-10-15-20-13-6-4-5-12(19(22)23)16(13)21-15;1-5(2,3)4/h4-10H,1-3H3,(H,20,21)(H,22,23);(H3,1,2,3,4). The molecule has 0 radical (unpaired) electrons. The zero-order chi connectivity index (χ0) is 23.2. The number of carbonyl (C=O) groups is 1. The van der Waals surface area contributed by atoms with E-state index < -0.39 is 13.8 Å². The number of aromatic nitrogens is 2. The summed E-state index contributed by atoms with van der Waals surface area (Å²) in [6.07, 6.45) is 3.55. The van der Waals surface area contributed by atoms with Gasteiger partial charge in [0, 0.05) is 5.56 Å². The van der Waals surface area contributed by atoms with Crippen molar-refractivity contribution >= 4 is 37.0 Å². The van der Waals surface area contributed by atoms with Crippen LogP contribution in [0.5, 0.6) is 17.2 Å². The number of para-hydroxylation sites is 1. The lowest BCUT2D eigenvalue weighted by Gasteiger charge is -2.13. The number of carboxylic acid groups (broad SMARTS) is 1. The van der Waals surface area contributed by atoms with Gasteiger partial charge in [-0.1, -0.05) is 6.07 Å². The van der Waals surface area contributed by atoms with Crippen molar-refractivity contribution in [2.75, 3.05) is 21.3 Å². The third kappa shape index (κ3) is 6.30. The van der Waals surface area contributed by atoms with E-state index >= 15 is 0 Å². The average Bonchev–Trinajstić information content (AvgIpc) is 3.12. The van der Waals surface area contributed by atoms with E-state index in [1.165, 1.54) is 6.07 Å². The minimum atomic E-state index is -4.64. The van der Waals surface area contributed by atoms with Gasteiger partial charge in [-0.2, -0.15) is 0 Å². The second-order valence-electron chi connectivity index (χ2n) is 5.90. The molecule has 0 atom stereocenters. The maximum atomic E-state index is 11.3. The van der Waals surface area contributed by atoms with Crippen LogP contribution in [0.2, 0.25) is 0 Å². The van der Waals surface area contributed by atoms with Crippen LogP contribution in [0, 0.1) is 0 Å². The number of hydrogen-bond acceptors (Lipinski definition) is 6. The Morgan fingerprint density at radius 3 is 2.19 bits per heavy atom. The molecule has 166 valence electrons. The van der Waals surface area contributed by atoms with Crippen molar-refractivity contribution in [3.05, 3.63) is 47.3 Å². The molecule has 1 aromatic heterocycles. The van der Waals surface area contributed by atoms with Crippen LogP contribution in [0.15, 0.2) is 30.3 Å². The van der Waals surface area contributed by atoms with Gasteiger partial charge in [-0.3, -0.25) is 0 Å². The highest BCUT2D eigenvalue weighted by Gasteiger charge is 2.15. The number of rotatable bonds is 6. The number of nitrogens with zero attached hydrogens (tertiary/aromatic N) is 1. The lowest BCUT2D eigenvalue weighted by molar-refractivity contribution is 0.0698. The summed E-state index contributed by atoms with van der Waals surface area (Å²) in [6, 6.07) is 8.60. The van der Waals surface area contributed by atoms with E-state index in [1.807, 2.05) is 6.07 Å². The van der Waals surface area contributed by atoms with Crippen LogP contribution in [-0.4, -0.2) is 57.1 Å². The predicted molar refractivity (Wildman–Crippen MR) is 112 cm³/mol. The first-order valence-electron chi connectivity index (χ1n) is 8.56. The van der Waals surface area contributed by atoms with Crippen molar-refractivity contribution in [1.82, 2.24) is 9.97 Å². The smallest absolute Gasteiger partial charge is 0.466 e. The van der Waals surface area contributed by atoms with Gasteiger partial charge < -0.3 is 39.0 Å². The van der Waals surface area contributed by atoms with Gasteiger partial charge in [-0.25, -0.2) is 14.3 Å². The average molecular weight is 452 g/mol. The monoisotopic (exact) mass is 452 g/mol. The normalized spacial score (nSPS) is 11.2. The summed E-state index contributed by atoms with van der Waals surface area (Å²) in [7, 11) is 0.0107. The molecule has 0 aliphatic rings. The van der Waals surface area contributed by atoms with E-state index in [2.05, 4.69) is 9.97 Å². The molecular formula is C19H21N2O9P. The van der Waals surface area contributed by atoms with E-state index in [4.69, 9.17) is 33.5 Å². The quantitative estimate of drug-likeness (QED) is 0.350. The number of aromatic carboxylic acids is 1. The Balaban J connectivity index is 0.000000614. The summed E-state index contributed by atoms with van der Waals surface area (Å²) < 4.78 is 25.0. The van der Waals surface area contributed by atoms with E-state index in [9.17, 15) is 9.90 Å². The zero-order valence-electron chi connectivity index (χ0n) is 16.8. The molecular weight excluding hydrogens is 431 g/mol. The third-order valence-corrected chi connectivity index (χ3v) is 3.92. The van der Waals surface area contributed by atoms with Crippen LogP contribution < -0.4 is 14.2 Å². The topological polar surface area (TPSA) is 171 Å². The SMILES string of the molecule is COc1ccc(C=Cc2nc3c(C(=O)O)cccc3[nH]2)c(OC)c1OC.O=P(O)(O)O. The first-order chi connectivity index (χ1) is 14.6. The molecule has 0 aliphatic carbocycles. The largest absolute Gasteiger partial charge is 0.493 e. The molecule has 1 heterocycles. The molecule has 5 N–H and O–H groups in total. The third-order valence-electron chi connectivity index (χ3n) is 3.92. The molecule has 2 aromatic carbocycles. The van der Waals surface area contributed by atoms with Gasteiger partial charge in [0.2, 0.25) is 5.75 Å². The predicted octanol–water partition coefficient (Wildman–Crippen LogP) is 2.53. The number of fused-ring (bicyclic) bond motifs is 1. The number of ether oxygens (including phenoxy) is 3. The Morgan fingerprint density at radius 2 is 1.65 bits per heavy atom. The molecule has 0 bridgehead atoms. The number of H-pyrrole nitrogens is 1. The Bertz CT molecular complexity index is 1140. The lowest BCUT2D eigenvalue weighted by Crippen LogP contribution is -1.96. The molecule has 12 heteroatoms. The Labute approximate surface area is 176 Å². The van der Waals surface area contributed by atoms with Crippen molar-refractivity contribution in [2.24, 2.45) is 0 Å². The van der Waals surface area contributed by atoms with Crippen LogP contribution >= 0.6 is 7.82 Å². The Hall–Kier alpha value is -3.37. The van der Waals surface area contributed by atoms with E-state index in [0.717, 1.165) is 5.56 Å². The van der Waals surface area contributed by atoms with Crippen LogP contribution in [0.3, 0.4) is 0 Å². The van der Waals surface area contributed by atoms with Gasteiger partial charge in [-0.05, 0) is 36.4 Å². The molecule has 11 nitrogen and oxygen atoms in total. The summed E-state index contributed by atoms with van der Waals surface area (Å²) in [5.74, 6) is 1.11. The van der Waals surface area contributed by atoms with Crippen LogP contribution in [-0.2, 0) is 4.57 Å². The van der Waals surface area contributed by atoms with Crippen molar-refractivity contribution < 1.29 is 43.4 Å². The van der Waals surface area contributed by atoms with Crippen molar-refractivity contribution in [3.63, 3.8) is 0 Å². The van der Waals surface area contributed by atoms with Crippen molar-refractivity contribution in [2.45, 2.75) is 0 Å². The molecule has 0 fully saturated rings. The summed E-state index contributed by atoms with van der Waals surface area (Å²) in [5.41, 5.74) is 1.99. The van der Waals surface area contributed by atoms with Gasteiger partial charge in [0.1, 0.15) is 11.3 Å². The number of phosphoric acid groups is 1. The number of imidazole rings is 1. The molecule has 0 saturated carbocycles. The van der Waals surface area contributed by atoms with Crippen LogP contribution in [0.1, 0.15) is 21.7 Å². The fourth-order valence-corrected chi connectivity index (χ4v) is 2.73. The molecule has 0 amide bonds. The van der Waals surface area contributed by atoms with Gasteiger partial charge in [0.25, 0.3) is 0 Å². The summed E-state index contributed by atoms with van der Waals surface area (Å²) >= 11 is 0. The summed E-state index contributed by atoms with van der Waals surface area (Å²) in [4.78, 5) is 40.3. The molecule has 0 unspecified atom stereocenters. The summed E-state index contributed by atoms with van der Waals surface area (Å²) in [5, 5.41) is 9.26.